The molecule has 0 saturated heterocycles. The minimum atomic E-state index is -0.933. The minimum absolute atomic E-state index is 0.268. The molecule has 0 radical (unpaired) electrons. The van der Waals surface area contributed by atoms with E-state index in [0.717, 1.165) is 18.0 Å². The summed E-state index contributed by atoms with van der Waals surface area (Å²) in [7, 11) is 0. The lowest BCUT2D eigenvalue weighted by Gasteiger charge is -2.21. The molecule has 2 aromatic heterocycles. The maximum atomic E-state index is 11.2. The Labute approximate surface area is 117 Å². The molecule has 0 fully saturated rings. The van der Waals surface area contributed by atoms with Crippen LogP contribution in [0.5, 0.6) is 0 Å². The van der Waals surface area contributed by atoms with Crippen molar-refractivity contribution in [1.82, 2.24) is 4.98 Å². The molecule has 0 bridgehead atoms. The van der Waals surface area contributed by atoms with E-state index in [1.165, 1.54) is 0 Å². The van der Waals surface area contributed by atoms with Gasteiger partial charge in [-0.25, -0.2) is 9.78 Å². The zero-order valence-electron chi connectivity index (χ0n) is 11.7. The third-order valence-corrected chi connectivity index (χ3v) is 3.11. The Balaban J connectivity index is 2.32. The molecule has 106 valence electrons. The molecule has 0 atom stereocenters. The number of anilines is 1. The van der Waals surface area contributed by atoms with E-state index in [4.69, 9.17) is 4.42 Å². The number of aryl methyl sites for hydroxylation is 1. The van der Waals surface area contributed by atoms with Crippen LogP contribution in [0.4, 0.5) is 5.82 Å². The predicted octanol–water partition coefficient (Wildman–Crippen LogP) is 2.96. The molecule has 2 rings (SSSR count). The lowest BCUT2D eigenvalue weighted by Crippen LogP contribution is -2.23. The average Bonchev–Trinajstić information content (AvgIpc) is 2.97. The largest absolute Gasteiger partial charge is 0.478 e. The van der Waals surface area contributed by atoms with Crippen molar-refractivity contribution in [2.24, 2.45) is 0 Å². The smallest absolute Gasteiger partial charge is 0.335 e. The van der Waals surface area contributed by atoms with E-state index in [-0.39, 0.29) is 5.56 Å². The van der Waals surface area contributed by atoms with Crippen LogP contribution >= 0.6 is 0 Å². The average molecular weight is 274 g/mol. The number of carboxylic acids is 1. The Morgan fingerprint density at radius 2 is 2.20 bits per heavy atom. The highest BCUT2D eigenvalue weighted by atomic mass is 16.4. The first-order chi connectivity index (χ1) is 9.63. The number of rotatable bonds is 6. The molecule has 0 aromatic carbocycles. The fourth-order valence-corrected chi connectivity index (χ4v) is 1.98. The summed E-state index contributed by atoms with van der Waals surface area (Å²) in [4.78, 5) is 17.7. The van der Waals surface area contributed by atoms with Crippen molar-refractivity contribution in [3.05, 3.63) is 47.5 Å². The number of aromatic carboxylic acids is 1. The van der Waals surface area contributed by atoms with Gasteiger partial charge in [-0.2, -0.15) is 0 Å². The van der Waals surface area contributed by atoms with Gasteiger partial charge in [0.05, 0.1) is 18.4 Å². The van der Waals surface area contributed by atoms with Gasteiger partial charge < -0.3 is 14.4 Å². The summed E-state index contributed by atoms with van der Waals surface area (Å²) in [5, 5.41) is 9.18. The van der Waals surface area contributed by atoms with Crippen molar-refractivity contribution in [3.8, 4) is 0 Å². The van der Waals surface area contributed by atoms with Crippen molar-refractivity contribution in [2.75, 3.05) is 11.4 Å². The summed E-state index contributed by atoms with van der Waals surface area (Å²) in [6.07, 6.45) is 2.33. The minimum Gasteiger partial charge on any atom is -0.478 e. The van der Waals surface area contributed by atoms with Gasteiger partial charge in [0.1, 0.15) is 11.6 Å². The van der Waals surface area contributed by atoms with Gasteiger partial charge >= 0.3 is 5.97 Å². The highest BCUT2D eigenvalue weighted by Crippen LogP contribution is 2.18. The number of nitrogens with zero attached hydrogens (tertiary/aromatic N) is 2. The van der Waals surface area contributed by atoms with Crippen LogP contribution in [0.25, 0.3) is 0 Å². The molecule has 0 unspecified atom stereocenters. The van der Waals surface area contributed by atoms with Crippen LogP contribution in [0, 0.1) is 0 Å². The molecule has 2 aromatic rings. The fraction of sp³-hybridized carbons (Fsp3) is 0.333. The van der Waals surface area contributed by atoms with Gasteiger partial charge in [0.15, 0.2) is 0 Å². The molecule has 5 heteroatoms. The van der Waals surface area contributed by atoms with Gasteiger partial charge in [-0.15, -0.1) is 0 Å². The van der Waals surface area contributed by atoms with Crippen LogP contribution in [0.3, 0.4) is 0 Å². The zero-order chi connectivity index (χ0) is 14.5. The molecule has 5 nitrogen and oxygen atoms in total. The molecule has 0 aliphatic heterocycles. The topological polar surface area (TPSA) is 66.6 Å². The van der Waals surface area contributed by atoms with Crippen LogP contribution < -0.4 is 4.90 Å². The van der Waals surface area contributed by atoms with Gasteiger partial charge in [-0.3, -0.25) is 0 Å². The lowest BCUT2D eigenvalue weighted by atomic mass is 10.2. The van der Waals surface area contributed by atoms with Gasteiger partial charge in [-0.05, 0) is 37.6 Å². The van der Waals surface area contributed by atoms with E-state index < -0.39 is 5.97 Å². The van der Waals surface area contributed by atoms with Crippen LogP contribution in [-0.4, -0.2) is 22.6 Å². The Bertz CT molecular complexity index is 579. The number of furan rings is 1. The Morgan fingerprint density at radius 1 is 1.40 bits per heavy atom. The Morgan fingerprint density at radius 3 is 2.75 bits per heavy atom. The first-order valence-corrected chi connectivity index (χ1v) is 6.65. The summed E-state index contributed by atoms with van der Waals surface area (Å²) in [6, 6.07) is 6.95. The number of aromatic nitrogens is 1. The van der Waals surface area contributed by atoms with Gasteiger partial charge in [0.25, 0.3) is 0 Å². The number of hydrogen-bond acceptors (Lipinski definition) is 4. The molecule has 0 aliphatic rings. The highest BCUT2D eigenvalue weighted by molar-refractivity contribution is 5.88. The van der Waals surface area contributed by atoms with Crippen molar-refractivity contribution >= 4 is 11.8 Å². The van der Waals surface area contributed by atoms with Crippen molar-refractivity contribution in [3.63, 3.8) is 0 Å². The third-order valence-electron chi connectivity index (χ3n) is 3.11. The second-order valence-corrected chi connectivity index (χ2v) is 4.46. The molecule has 0 amide bonds. The van der Waals surface area contributed by atoms with E-state index in [1.54, 1.807) is 18.4 Å². The number of pyridine rings is 1. The fourth-order valence-electron chi connectivity index (χ4n) is 1.98. The second kappa shape index (κ2) is 6.23. The van der Waals surface area contributed by atoms with Crippen LogP contribution in [0.15, 0.2) is 34.9 Å². The van der Waals surface area contributed by atoms with E-state index >= 15 is 0 Å². The standard InChI is InChI=1S/C15H18N2O3/c1-3-12-8-11(15(18)19)9-14(16-12)17(4-2)10-13-6-5-7-20-13/h5-9H,3-4,10H2,1-2H3,(H,18,19). The summed E-state index contributed by atoms with van der Waals surface area (Å²) in [5.41, 5.74) is 1.04. The normalized spacial score (nSPS) is 10.5. The summed E-state index contributed by atoms with van der Waals surface area (Å²) in [5.74, 6) is 0.561. The quantitative estimate of drug-likeness (QED) is 0.877. The van der Waals surface area contributed by atoms with Gasteiger partial charge in [0.2, 0.25) is 0 Å². The number of hydrogen-bond donors (Lipinski definition) is 1. The van der Waals surface area contributed by atoms with E-state index in [1.807, 2.05) is 30.9 Å². The van der Waals surface area contributed by atoms with Gasteiger partial charge in [0, 0.05) is 12.2 Å². The van der Waals surface area contributed by atoms with Gasteiger partial charge in [-0.1, -0.05) is 6.92 Å². The zero-order valence-corrected chi connectivity index (χ0v) is 11.7. The SMILES string of the molecule is CCc1cc(C(=O)O)cc(N(CC)Cc2ccco2)n1. The van der Waals surface area contributed by atoms with Crippen molar-refractivity contribution in [2.45, 2.75) is 26.8 Å². The number of carbonyl (C=O) groups is 1. The van der Waals surface area contributed by atoms with E-state index in [9.17, 15) is 9.90 Å². The third kappa shape index (κ3) is 3.17. The Hall–Kier alpha value is -2.30. The monoisotopic (exact) mass is 274 g/mol. The van der Waals surface area contributed by atoms with Crippen molar-refractivity contribution < 1.29 is 14.3 Å². The van der Waals surface area contributed by atoms with Crippen LogP contribution in [0.2, 0.25) is 0 Å². The highest BCUT2D eigenvalue weighted by Gasteiger charge is 2.13. The maximum Gasteiger partial charge on any atom is 0.335 e. The lowest BCUT2D eigenvalue weighted by molar-refractivity contribution is 0.0696. The molecule has 0 saturated carbocycles. The first-order valence-electron chi connectivity index (χ1n) is 6.65. The molecule has 2 heterocycles. The molecule has 0 spiro atoms. The number of carboxylic acid groups (broad SMARTS) is 1. The van der Waals surface area contributed by atoms with Crippen LogP contribution in [0.1, 0.15) is 35.7 Å². The summed E-state index contributed by atoms with van der Waals surface area (Å²) in [6.45, 7) is 5.26. The summed E-state index contributed by atoms with van der Waals surface area (Å²) >= 11 is 0. The maximum absolute atomic E-state index is 11.2. The summed E-state index contributed by atoms with van der Waals surface area (Å²) < 4.78 is 5.34. The van der Waals surface area contributed by atoms with E-state index in [2.05, 4.69) is 4.98 Å². The molecule has 0 aliphatic carbocycles. The predicted molar refractivity (Wildman–Crippen MR) is 76.0 cm³/mol. The first kappa shape index (κ1) is 14.1. The van der Waals surface area contributed by atoms with Crippen molar-refractivity contribution in [1.29, 1.82) is 0 Å². The molecular formula is C15H18N2O3. The molecule has 1 N–H and O–H groups in total. The molecule has 20 heavy (non-hydrogen) atoms. The van der Waals surface area contributed by atoms with E-state index in [0.29, 0.717) is 18.8 Å². The van der Waals surface area contributed by atoms with Crippen LogP contribution in [-0.2, 0) is 13.0 Å². The second-order valence-electron chi connectivity index (χ2n) is 4.46. The Kier molecular flexibility index (Phi) is 4.40. The molecular weight excluding hydrogens is 256 g/mol.